The molecule has 1 fully saturated rings. The van der Waals surface area contributed by atoms with Crippen molar-refractivity contribution < 1.29 is 4.79 Å². The first-order valence-corrected chi connectivity index (χ1v) is 7.26. The van der Waals surface area contributed by atoms with Crippen LogP contribution in [0.2, 0.25) is 0 Å². The first-order valence-electron chi connectivity index (χ1n) is 7.26. The molecule has 1 saturated carbocycles. The lowest BCUT2D eigenvalue weighted by molar-refractivity contribution is -0.117. The first-order chi connectivity index (χ1) is 8.32. The second-order valence-electron chi connectivity index (χ2n) is 6.86. The lowest BCUT2D eigenvalue weighted by Crippen LogP contribution is -2.40. The van der Waals surface area contributed by atoms with E-state index >= 15 is 0 Å². The number of carbonyl (C=O) groups excluding carboxylic acids is 1. The van der Waals surface area contributed by atoms with E-state index in [1.807, 2.05) is 0 Å². The number of amides is 1. The summed E-state index contributed by atoms with van der Waals surface area (Å²) in [5.74, 6) is 1.34. The summed E-state index contributed by atoms with van der Waals surface area (Å²) in [4.78, 5) is 11.6. The van der Waals surface area contributed by atoms with E-state index in [2.05, 4.69) is 32.7 Å². The van der Waals surface area contributed by atoms with E-state index in [-0.39, 0.29) is 11.3 Å². The van der Waals surface area contributed by atoms with Gasteiger partial charge < -0.3 is 5.32 Å². The zero-order valence-electron chi connectivity index (χ0n) is 12.5. The van der Waals surface area contributed by atoms with Crippen LogP contribution in [0.4, 0.5) is 0 Å². The van der Waals surface area contributed by atoms with E-state index in [0.29, 0.717) is 11.5 Å². The Balaban J connectivity index is 2.61. The fourth-order valence-corrected chi connectivity index (χ4v) is 3.07. The fraction of sp³-hybridized carbons (Fsp3) is 0.812. The van der Waals surface area contributed by atoms with Crippen molar-refractivity contribution in [1.82, 2.24) is 5.32 Å². The highest BCUT2D eigenvalue weighted by molar-refractivity contribution is 5.92. The minimum atomic E-state index is 0.0000550. The van der Waals surface area contributed by atoms with E-state index < -0.39 is 0 Å². The van der Waals surface area contributed by atoms with E-state index in [1.165, 1.54) is 32.1 Å². The fourth-order valence-electron chi connectivity index (χ4n) is 3.07. The van der Waals surface area contributed by atoms with Crippen molar-refractivity contribution in [3.05, 3.63) is 12.2 Å². The van der Waals surface area contributed by atoms with Gasteiger partial charge in [-0.2, -0.15) is 0 Å². The van der Waals surface area contributed by atoms with Gasteiger partial charge in [0.15, 0.2) is 0 Å². The highest BCUT2D eigenvalue weighted by Gasteiger charge is 2.32. The molecule has 1 unspecified atom stereocenters. The summed E-state index contributed by atoms with van der Waals surface area (Å²) >= 11 is 0. The van der Waals surface area contributed by atoms with Crippen LogP contribution in [0.15, 0.2) is 12.2 Å². The molecule has 0 aromatic heterocycles. The number of carbonyl (C=O) groups is 1. The molecule has 0 radical (unpaired) electrons. The van der Waals surface area contributed by atoms with E-state index in [9.17, 15) is 4.79 Å². The molecule has 1 aliphatic rings. The van der Waals surface area contributed by atoms with E-state index in [4.69, 9.17) is 0 Å². The number of rotatable bonds is 4. The largest absolute Gasteiger partial charge is 0.352 e. The lowest BCUT2D eigenvalue weighted by Gasteiger charge is -2.39. The van der Waals surface area contributed by atoms with Crippen LogP contribution in [0, 0.1) is 17.3 Å². The third kappa shape index (κ3) is 4.47. The van der Waals surface area contributed by atoms with Gasteiger partial charge in [0.1, 0.15) is 0 Å². The summed E-state index contributed by atoms with van der Waals surface area (Å²) in [5, 5.41) is 3.05. The predicted molar refractivity (Wildman–Crippen MR) is 77.3 cm³/mol. The molecule has 0 heterocycles. The maximum Gasteiger partial charge on any atom is 0.246 e. The van der Waals surface area contributed by atoms with Gasteiger partial charge in [-0.15, -0.1) is 0 Å². The first kappa shape index (κ1) is 15.3. The third-order valence-electron chi connectivity index (χ3n) is 4.20. The molecular formula is C16H29NO. The second-order valence-corrected chi connectivity index (χ2v) is 6.86. The van der Waals surface area contributed by atoms with Crippen LogP contribution < -0.4 is 5.32 Å². The number of hydrogen-bond donors (Lipinski definition) is 1. The van der Waals surface area contributed by atoms with Gasteiger partial charge in [-0.05, 0) is 24.2 Å². The van der Waals surface area contributed by atoms with Gasteiger partial charge in [0, 0.05) is 12.1 Å². The zero-order chi connectivity index (χ0) is 13.8. The van der Waals surface area contributed by atoms with Crippen molar-refractivity contribution in [3.63, 3.8) is 0 Å². The molecule has 0 bridgehead atoms. The summed E-state index contributed by atoms with van der Waals surface area (Å²) in [7, 11) is 0. The van der Waals surface area contributed by atoms with Crippen LogP contribution in [0.25, 0.3) is 0 Å². The molecule has 0 aromatic carbocycles. The Bertz CT molecular complexity index is 295. The van der Waals surface area contributed by atoms with Gasteiger partial charge in [0.2, 0.25) is 5.91 Å². The van der Waals surface area contributed by atoms with Crippen molar-refractivity contribution in [2.45, 2.75) is 59.8 Å². The quantitative estimate of drug-likeness (QED) is 0.754. The van der Waals surface area contributed by atoms with E-state index in [0.717, 1.165) is 12.5 Å². The molecule has 1 rings (SSSR count). The normalized spacial score (nSPS) is 19.3. The predicted octanol–water partition coefficient (Wildman–Crippen LogP) is 3.92. The molecule has 104 valence electrons. The molecule has 0 aromatic rings. The van der Waals surface area contributed by atoms with E-state index in [1.54, 1.807) is 6.92 Å². The van der Waals surface area contributed by atoms with Crippen LogP contribution in [0.3, 0.4) is 0 Å². The molecule has 1 aliphatic carbocycles. The van der Waals surface area contributed by atoms with Crippen LogP contribution in [-0.4, -0.2) is 12.5 Å². The highest BCUT2D eigenvalue weighted by atomic mass is 16.1. The molecule has 18 heavy (non-hydrogen) atoms. The Kier molecular flexibility index (Phi) is 5.43. The van der Waals surface area contributed by atoms with Gasteiger partial charge in [-0.3, -0.25) is 4.79 Å². The third-order valence-corrected chi connectivity index (χ3v) is 4.20. The SMILES string of the molecule is C=C(C)C(=O)NCC(C1CCCCC1)C(C)(C)C. The smallest absolute Gasteiger partial charge is 0.246 e. The average Bonchev–Trinajstić information content (AvgIpc) is 2.28. The maximum absolute atomic E-state index is 11.6. The topological polar surface area (TPSA) is 29.1 Å². The van der Waals surface area contributed by atoms with Gasteiger partial charge in [0.25, 0.3) is 0 Å². The molecule has 1 atom stereocenters. The number of nitrogens with one attached hydrogen (secondary N) is 1. The zero-order valence-corrected chi connectivity index (χ0v) is 12.5. The Morgan fingerprint density at radius 1 is 1.28 bits per heavy atom. The summed E-state index contributed by atoms with van der Waals surface area (Å²) in [6.07, 6.45) is 6.73. The van der Waals surface area contributed by atoms with Gasteiger partial charge in [-0.1, -0.05) is 59.5 Å². The second kappa shape index (κ2) is 6.40. The molecule has 0 aliphatic heterocycles. The molecule has 0 saturated heterocycles. The number of hydrogen-bond acceptors (Lipinski definition) is 1. The molecule has 0 spiro atoms. The Labute approximate surface area is 112 Å². The van der Waals surface area contributed by atoms with Crippen molar-refractivity contribution in [2.24, 2.45) is 17.3 Å². The highest BCUT2D eigenvalue weighted by Crippen LogP contribution is 2.39. The van der Waals surface area contributed by atoms with Gasteiger partial charge in [-0.25, -0.2) is 0 Å². The summed E-state index contributed by atoms with van der Waals surface area (Å²) in [6, 6.07) is 0. The summed E-state index contributed by atoms with van der Waals surface area (Å²) in [5.41, 5.74) is 0.857. The molecular weight excluding hydrogens is 222 g/mol. The minimum Gasteiger partial charge on any atom is -0.352 e. The Morgan fingerprint density at radius 2 is 1.83 bits per heavy atom. The van der Waals surface area contributed by atoms with Crippen LogP contribution in [0.5, 0.6) is 0 Å². The maximum atomic E-state index is 11.6. The van der Waals surface area contributed by atoms with Crippen LogP contribution >= 0.6 is 0 Å². The summed E-state index contributed by atoms with van der Waals surface area (Å²) in [6.45, 7) is 13.1. The van der Waals surface area contributed by atoms with Crippen molar-refractivity contribution in [3.8, 4) is 0 Å². The van der Waals surface area contributed by atoms with Gasteiger partial charge >= 0.3 is 0 Å². The standard InChI is InChI=1S/C16H29NO/c1-12(2)15(18)17-11-14(16(3,4)5)13-9-7-6-8-10-13/h13-14H,1,6-11H2,2-5H3,(H,17,18). The Hall–Kier alpha value is -0.790. The molecule has 1 N–H and O–H groups in total. The summed E-state index contributed by atoms with van der Waals surface area (Å²) < 4.78 is 0. The monoisotopic (exact) mass is 251 g/mol. The molecule has 2 nitrogen and oxygen atoms in total. The molecule has 2 heteroatoms. The van der Waals surface area contributed by atoms with Crippen molar-refractivity contribution in [2.75, 3.05) is 6.54 Å². The molecule has 1 amide bonds. The van der Waals surface area contributed by atoms with Crippen LogP contribution in [-0.2, 0) is 4.79 Å². The van der Waals surface area contributed by atoms with Gasteiger partial charge in [0.05, 0.1) is 0 Å². The lowest BCUT2D eigenvalue weighted by atomic mass is 9.68. The Morgan fingerprint density at radius 3 is 2.28 bits per heavy atom. The van der Waals surface area contributed by atoms with Crippen molar-refractivity contribution >= 4 is 5.91 Å². The minimum absolute atomic E-state index is 0.0000550. The average molecular weight is 251 g/mol. The van der Waals surface area contributed by atoms with Crippen molar-refractivity contribution in [1.29, 1.82) is 0 Å². The van der Waals surface area contributed by atoms with Crippen LogP contribution in [0.1, 0.15) is 59.8 Å².